The maximum Gasteiger partial charge on any atom is -0.00891 e. The maximum atomic E-state index is 3.27. The first kappa shape index (κ1) is 11.7. The summed E-state index contributed by atoms with van der Waals surface area (Å²) in [6.07, 6.45) is 6.16. The van der Waals surface area contributed by atoms with Gasteiger partial charge in [-0.1, -0.05) is 68.3 Å². The Balaban J connectivity index is 2.68. The van der Waals surface area contributed by atoms with Gasteiger partial charge in [0.25, 0.3) is 0 Å². The molecule has 0 fully saturated rings. The molecular weight excluding hydrogens is 304 g/mol. The molecule has 1 aromatic rings. The second-order valence-corrected chi connectivity index (χ2v) is 4.01. The Kier molecular flexibility index (Phi) is 5.88. The summed E-state index contributed by atoms with van der Waals surface area (Å²) in [5.41, 5.74) is 2.70. The third-order valence-electron chi connectivity index (χ3n) is 1.88. The van der Waals surface area contributed by atoms with Gasteiger partial charge in [0, 0.05) is 0 Å². The molecule has 0 unspecified atom stereocenters. The molecule has 0 radical (unpaired) electrons. The number of halogens is 2. The van der Waals surface area contributed by atoms with E-state index in [1.807, 2.05) is 9.97 Å². The van der Waals surface area contributed by atoms with Crippen molar-refractivity contribution in [1.29, 1.82) is 0 Å². The molecule has 0 amide bonds. The first-order valence-corrected chi connectivity index (χ1v) is 6.28. The van der Waals surface area contributed by atoms with Crippen LogP contribution in [0.5, 0.6) is 0 Å². The van der Waals surface area contributed by atoms with Gasteiger partial charge in [0.2, 0.25) is 0 Å². The summed E-state index contributed by atoms with van der Waals surface area (Å²) < 4.78 is 0. The highest BCUT2D eigenvalue weighted by Gasteiger charge is 1.92. The van der Waals surface area contributed by atoms with Crippen molar-refractivity contribution in [3.8, 4) is 0 Å². The zero-order valence-corrected chi connectivity index (χ0v) is 11.0. The molecule has 0 nitrogen and oxygen atoms in total. The van der Waals surface area contributed by atoms with E-state index in [0.717, 1.165) is 12.8 Å². The van der Waals surface area contributed by atoms with Crippen LogP contribution < -0.4 is 0 Å². The Morgan fingerprint density at radius 1 is 0.929 bits per heavy atom. The van der Waals surface area contributed by atoms with E-state index in [9.17, 15) is 0 Å². The van der Waals surface area contributed by atoms with Crippen molar-refractivity contribution >= 4 is 31.9 Å². The van der Waals surface area contributed by atoms with Gasteiger partial charge in [-0.25, -0.2) is 0 Å². The molecule has 0 saturated heterocycles. The molecule has 2 heteroatoms. The lowest BCUT2D eigenvalue weighted by molar-refractivity contribution is 1.21. The summed E-state index contributed by atoms with van der Waals surface area (Å²) in [6.45, 7) is 0. The highest BCUT2D eigenvalue weighted by atomic mass is 79.9. The monoisotopic (exact) mass is 314 g/mol. The fraction of sp³-hybridized carbons (Fsp3) is 0.167. The van der Waals surface area contributed by atoms with Gasteiger partial charge >= 0.3 is 0 Å². The third-order valence-corrected chi connectivity index (χ3v) is 2.62. The SMILES string of the molecule is Br/C=C/Cc1cccc(C/C=C/Br)c1. The average molecular weight is 316 g/mol. The van der Waals surface area contributed by atoms with E-state index in [2.05, 4.69) is 68.3 Å². The summed E-state index contributed by atoms with van der Waals surface area (Å²) in [5.74, 6) is 0. The Labute approximate surface area is 102 Å². The van der Waals surface area contributed by atoms with Crippen molar-refractivity contribution in [2.24, 2.45) is 0 Å². The van der Waals surface area contributed by atoms with Crippen LogP contribution in [0.25, 0.3) is 0 Å². The van der Waals surface area contributed by atoms with E-state index in [-0.39, 0.29) is 0 Å². The van der Waals surface area contributed by atoms with Gasteiger partial charge in [0.1, 0.15) is 0 Å². The van der Waals surface area contributed by atoms with Gasteiger partial charge in [0.15, 0.2) is 0 Å². The van der Waals surface area contributed by atoms with E-state index in [1.165, 1.54) is 11.1 Å². The van der Waals surface area contributed by atoms with Crippen molar-refractivity contribution in [1.82, 2.24) is 0 Å². The molecule has 0 bridgehead atoms. The lowest BCUT2D eigenvalue weighted by Gasteiger charge is -2.00. The van der Waals surface area contributed by atoms with Gasteiger partial charge in [0.05, 0.1) is 0 Å². The van der Waals surface area contributed by atoms with Gasteiger partial charge in [-0.15, -0.1) is 0 Å². The number of rotatable bonds is 4. The highest BCUT2D eigenvalue weighted by Crippen LogP contribution is 2.08. The summed E-state index contributed by atoms with van der Waals surface area (Å²) in [5, 5.41) is 0. The molecule has 74 valence electrons. The molecule has 0 aliphatic rings. The van der Waals surface area contributed by atoms with Gasteiger partial charge in [-0.05, 0) is 33.9 Å². The molecule has 1 rings (SSSR count). The second kappa shape index (κ2) is 7.02. The quantitative estimate of drug-likeness (QED) is 0.762. The minimum Gasteiger partial charge on any atom is -0.0732 e. The smallest absolute Gasteiger partial charge is 0.00891 e. The normalized spacial score (nSPS) is 11.6. The summed E-state index contributed by atoms with van der Waals surface area (Å²) in [4.78, 5) is 3.80. The predicted molar refractivity (Wildman–Crippen MR) is 70.0 cm³/mol. The summed E-state index contributed by atoms with van der Waals surface area (Å²) in [7, 11) is 0. The minimum atomic E-state index is 0.983. The molecule has 0 N–H and O–H groups in total. The molecule has 0 heterocycles. The number of hydrogen-bond donors (Lipinski definition) is 0. The van der Waals surface area contributed by atoms with Crippen LogP contribution in [-0.4, -0.2) is 0 Å². The molecule has 0 aromatic heterocycles. The Morgan fingerprint density at radius 3 is 1.86 bits per heavy atom. The van der Waals surface area contributed by atoms with Crippen molar-refractivity contribution < 1.29 is 0 Å². The van der Waals surface area contributed by atoms with Crippen LogP contribution in [0.4, 0.5) is 0 Å². The number of allylic oxidation sites excluding steroid dienone is 2. The first-order valence-electron chi connectivity index (χ1n) is 4.45. The average Bonchev–Trinajstić information content (AvgIpc) is 2.24. The van der Waals surface area contributed by atoms with Crippen LogP contribution in [-0.2, 0) is 12.8 Å². The molecule has 0 aliphatic carbocycles. The fourth-order valence-electron chi connectivity index (χ4n) is 1.24. The zero-order valence-electron chi connectivity index (χ0n) is 7.79. The van der Waals surface area contributed by atoms with E-state index in [0.29, 0.717) is 0 Å². The van der Waals surface area contributed by atoms with Crippen LogP contribution in [0.1, 0.15) is 11.1 Å². The molecule has 0 saturated carbocycles. The Bertz CT molecular complexity index is 298. The van der Waals surface area contributed by atoms with E-state index in [1.54, 1.807) is 0 Å². The third kappa shape index (κ3) is 4.25. The van der Waals surface area contributed by atoms with Crippen molar-refractivity contribution in [3.05, 3.63) is 57.5 Å². The minimum absolute atomic E-state index is 0.983. The van der Waals surface area contributed by atoms with E-state index < -0.39 is 0 Å². The van der Waals surface area contributed by atoms with Gasteiger partial charge in [-0.3, -0.25) is 0 Å². The Hall–Kier alpha value is -0.340. The van der Waals surface area contributed by atoms with Gasteiger partial charge in [-0.2, -0.15) is 0 Å². The highest BCUT2D eigenvalue weighted by molar-refractivity contribution is 9.11. The lowest BCUT2D eigenvalue weighted by atomic mass is 10.1. The molecule has 0 aliphatic heterocycles. The van der Waals surface area contributed by atoms with Crippen LogP contribution in [0, 0.1) is 0 Å². The largest absolute Gasteiger partial charge is 0.0732 e. The van der Waals surface area contributed by atoms with Crippen molar-refractivity contribution in [2.75, 3.05) is 0 Å². The van der Waals surface area contributed by atoms with Crippen LogP contribution >= 0.6 is 31.9 Å². The first-order chi connectivity index (χ1) is 6.86. The van der Waals surface area contributed by atoms with Gasteiger partial charge < -0.3 is 0 Å². The van der Waals surface area contributed by atoms with Crippen LogP contribution in [0.15, 0.2) is 46.4 Å². The Morgan fingerprint density at radius 2 is 1.43 bits per heavy atom. The standard InChI is InChI=1S/C12H12Br2/c13-8-2-6-11-4-1-5-12(10-11)7-3-9-14/h1-5,8-10H,6-7H2/b8-2+,9-3+. The predicted octanol–water partition coefficient (Wildman–Crippen LogP) is 4.59. The lowest BCUT2D eigenvalue weighted by Crippen LogP contribution is -1.85. The fourth-order valence-corrected chi connectivity index (χ4v) is 1.62. The topological polar surface area (TPSA) is 0 Å². The summed E-state index contributed by atoms with van der Waals surface area (Å²) >= 11 is 6.54. The molecule has 14 heavy (non-hydrogen) atoms. The second-order valence-electron chi connectivity index (χ2n) is 2.95. The van der Waals surface area contributed by atoms with E-state index in [4.69, 9.17) is 0 Å². The molecule has 1 aromatic carbocycles. The van der Waals surface area contributed by atoms with Crippen LogP contribution in [0.2, 0.25) is 0 Å². The molecular formula is C12H12Br2. The zero-order chi connectivity index (χ0) is 10.2. The van der Waals surface area contributed by atoms with Crippen molar-refractivity contribution in [3.63, 3.8) is 0 Å². The summed E-state index contributed by atoms with van der Waals surface area (Å²) in [6, 6.07) is 8.64. The molecule has 0 spiro atoms. The van der Waals surface area contributed by atoms with Crippen LogP contribution in [0.3, 0.4) is 0 Å². The molecule has 0 atom stereocenters. The maximum absolute atomic E-state index is 3.27. The van der Waals surface area contributed by atoms with E-state index >= 15 is 0 Å². The number of benzene rings is 1. The van der Waals surface area contributed by atoms with Crippen molar-refractivity contribution in [2.45, 2.75) is 12.8 Å². The number of hydrogen-bond acceptors (Lipinski definition) is 0.